The highest BCUT2D eigenvalue weighted by atomic mass is 16.4. The van der Waals surface area contributed by atoms with Gasteiger partial charge in [0, 0.05) is 5.56 Å². The molecule has 0 atom stereocenters. The van der Waals surface area contributed by atoms with Crippen LogP contribution in [0.2, 0.25) is 0 Å². The number of nitrogen functional groups attached to an aromatic ring is 1. The Morgan fingerprint density at radius 2 is 1.36 bits per heavy atom. The van der Waals surface area contributed by atoms with Crippen LogP contribution in [-0.2, 0) is 0 Å². The Kier molecular flexibility index (Phi) is 4.75. The van der Waals surface area contributed by atoms with Crippen molar-refractivity contribution in [2.75, 3.05) is 5.73 Å². The number of aromatic nitrogens is 1. The fraction of sp³-hybridized carbons (Fsp3) is 0.0952. The van der Waals surface area contributed by atoms with Crippen LogP contribution in [0.25, 0.3) is 22.3 Å². The second-order valence-electron chi connectivity index (χ2n) is 6.48. The Morgan fingerprint density at radius 3 is 1.89 bits per heavy atom. The van der Waals surface area contributed by atoms with E-state index in [9.17, 15) is 24.6 Å². The summed E-state index contributed by atoms with van der Waals surface area (Å²) in [4.78, 5) is 37.5. The second-order valence-corrected chi connectivity index (χ2v) is 6.48. The van der Waals surface area contributed by atoms with Crippen molar-refractivity contribution < 1.29 is 19.8 Å². The highest BCUT2D eigenvalue weighted by Gasteiger charge is 2.26. The molecule has 7 heteroatoms. The lowest BCUT2D eigenvalue weighted by atomic mass is 9.93. The molecule has 3 rings (SSSR count). The third-order valence-electron chi connectivity index (χ3n) is 4.69. The maximum absolute atomic E-state index is 12.1. The Labute approximate surface area is 160 Å². The molecule has 1 aromatic heterocycles. The number of carboxylic acids is 2. The Hall–Kier alpha value is -3.87. The fourth-order valence-electron chi connectivity index (χ4n) is 3.09. The van der Waals surface area contributed by atoms with E-state index < -0.39 is 34.4 Å². The van der Waals surface area contributed by atoms with E-state index in [1.165, 1.54) is 0 Å². The Balaban J connectivity index is 2.21. The van der Waals surface area contributed by atoms with Crippen molar-refractivity contribution in [2.24, 2.45) is 0 Å². The summed E-state index contributed by atoms with van der Waals surface area (Å²) in [5, 5.41) is 18.9. The van der Waals surface area contributed by atoms with Gasteiger partial charge in [-0.1, -0.05) is 42.5 Å². The van der Waals surface area contributed by atoms with Gasteiger partial charge in [0.15, 0.2) is 0 Å². The minimum absolute atomic E-state index is 0.215. The van der Waals surface area contributed by atoms with Crippen LogP contribution in [0.5, 0.6) is 0 Å². The minimum Gasteiger partial charge on any atom is -0.478 e. The van der Waals surface area contributed by atoms with Gasteiger partial charge in [-0.25, -0.2) is 9.59 Å². The smallest absolute Gasteiger partial charge is 0.342 e. The van der Waals surface area contributed by atoms with E-state index >= 15 is 0 Å². The number of aromatic carboxylic acids is 2. The van der Waals surface area contributed by atoms with Crippen molar-refractivity contribution in [3.8, 4) is 22.3 Å². The van der Waals surface area contributed by atoms with Crippen molar-refractivity contribution in [3.63, 3.8) is 0 Å². The molecular weight excluding hydrogens is 360 g/mol. The van der Waals surface area contributed by atoms with E-state index in [0.717, 1.165) is 22.3 Å². The largest absolute Gasteiger partial charge is 0.478 e. The summed E-state index contributed by atoms with van der Waals surface area (Å²) in [5.74, 6) is -3.35. The molecule has 5 N–H and O–H groups in total. The zero-order valence-corrected chi connectivity index (χ0v) is 15.2. The molecule has 2 aromatic carbocycles. The number of carbonyl (C=O) groups is 2. The third kappa shape index (κ3) is 3.25. The van der Waals surface area contributed by atoms with Crippen LogP contribution in [0.4, 0.5) is 5.82 Å². The zero-order valence-electron chi connectivity index (χ0n) is 15.2. The molecule has 0 unspecified atom stereocenters. The molecule has 0 bridgehead atoms. The first kappa shape index (κ1) is 18.9. The van der Waals surface area contributed by atoms with Gasteiger partial charge in [0.25, 0.3) is 5.56 Å². The molecule has 7 nitrogen and oxygen atoms in total. The van der Waals surface area contributed by atoms with Crippen LogP contribution in [0.15, 0.2) is 47.3 Å². The summed E-state index contributed by atoms with van der Waals surface area (Å²) in [6.45, 7) is 4.02. The molecule has 0 saturated heterocycles. The SMILES string of the molecule is Cc1ccc(-c2ccc(-c3c(C(=O)O)c(N)[nH]c(=O)c3C(=O)O)cc2)cc1C. The topological polar surface area (TPSA) is 133 Å². The number of H-pyrrole nitrogens is 1. The van der Waals surface area contributed by atoms with Crippen LogP contribution in [0, 0.1) is 13.8 Å². The number of aromatic amines is 1. The maximum atomic E-state index is 12.1. The van der Waals surface area contributed by atoms with Gasteiger partial charge in [-0.3, -0.25) is 4.79 Å². The first-order valence-corrected chi connectivity index (χ1v) is 8.41. The third-order valence-corrected chi connectivity index (χ3v) is 4.69. The van der Waals surface area contributed by atoms with Gasteiger partial charge in [0.05, 0.1) is 0 Å². The standard InChI is InChI=1S/C21H18N2O5/c1-10-3-4-14(9-11(10)2)12-5-7-13(8-6-12)15-16(20(25)26)18(22)23-19(24)17(15)21(27)28/h3-9H,1-2H3,(H,25,26)(H,27,28)(H3,22,23,24). The Morgan fingerprint density at radius 1 is 0.821 bits per heavy atom. The zero-order chi connectivity index (χ0) is 20.6. The number of benzene rings is 2. The van der Waals surface area contributed by atoms with Gasteiger partial charge in [0.2, 0.25) is 0 Å². The quantitative estimate of drug-likeness (QED) is 0.550. The summed E-state index contributed by atoms with van der Waals surface area (Å²) in [5.41, 5.74) is 7.79. The number of hydrogen-bond acceptors (Lipinski definition) is 4. The second kappa shape index (κ2) is 7.03. The average molecular weight is 378 g/mol. The summed E-state index contributed by atoms with van der Waals surface area (Å²) in [7, 11) is 0. The van der Waals surface area contributed by atoms with Crippen LogP contribution >= 0.6 is 0 Å². The number of rotatable bonds is 4. The molecule has 0 amide bonds. The van der Waals surface area contributed by atoms with Crippen LogP contribution < -0.4 is 11.3 Å². The molecule has 1 heterocycles. The molecule has 0 fully saturated rings. The van der Waals surface area contributed by atoms with Crippen molar-refractivity contribution >= 4 is 17.8 Å². The van der Waals surface area contributed by atoms with Gasteiger partial charge in [0.1, 0.15) is 16.9 Å². The normalized spacial score (nSPS) is 10.6. The summed E-state index contributed by atoms with van der Waals surface area (Å²) >= 11 is 0. The number of nitrogens with one attached hydrogen (secondary N) is 1. The highest BCUT2D eigenvalue weighted by molar-refractivity contribution is 6.07. The number of pyridine rings is 1. The molecule has 0 aliphatic heterocycles. The monoisotopic (exact) mass is 378 g/mol. The first-order chi connectivity index (χ1) is 13.2. The van der Waals surface area contributed by atoms with Gasteiger partial charge in [-0.15, -0.1) is 0 Å². The first-order valence-electron chi connectivity index (χ1n) is 8.41. The van der Waals surface area contributed by atoms with Crippen molar-refractivity contribution in [3.05, 3.63) is 75.1 Å². The van der Waals surface area contributed by atoms with E-state index in [4.69, 9.17) is 5.73 Å². The van der Waals surface area contributed by atoms with Gasteiger partial charge < -0.3 is 20.9 Å². The average Bonchev–Trinajstić information content (AvgIpc) is 2.62. The molecule has 0 saturated carbocycles. The van der Waals surface area contributed by atoms with E-state index in [2.05, 4.69) is 4.98 Å². The van der Waals surface area contributed by atoms with Crippen LogP contribution in [0.3, 0.4) is 0 Å². The van der Waals surface area contributed by atoms with Gasteiger partial charge in [-0.05, 0) is 41.7 Å². The molecule has 3 aromatic rings. The van der Waals surface area contributed by atoms with E-state index in [1.807, 2.05) is 32.0 Å². The van der Waals surface area contributed by atoms with Crippen LogP contribution in [0.1, 0.15) is 31.8 Å². The van der Waals surface area contributed by atoms with E-state index in [0.29, 0.717) is 0 Å². The van der Waals surface area contributed by atoms with Crippen molar-refractivity contribution in [2.45, 2.75) is 13.8 Å². The summed E-state index contributed by atoms with van der Waals surface area (Å²) in [6, 6.07) is 12.6. The van der Waals surface area contributed by atoms with Gasteiger partial charge >= 0.3 is 11.9 Å². The number of carboxylic acid groups (broad SMARTS) is 2. The minimum atomic E-state index is -1.53. The van der Waals surface area contributed by atoms with Crippen molar-refractivity contribution in [1.29, 1.82) is 0 Å². The summed E-state index contributed by atoms with van der Waals surface area (Å²) < 4.78 is 0. The number of aryl methyl sites for hydroxylation is 2. The molecule has 0 aliphatic rings. The van der Waals surface area contributed by atoms with Gasteiger partial charge in [-0.2, -0.15) is 0 Å². The number of nitrogens with two attached hydrogens (primary N) is 1. The molecule has 0 aliphatic carbocycles. The number of hydrogen-bond donors (Lipinski definition) is 4. The van der Waals surface area contributed by atoms with Crippen LogP contribution in [-0.4, -0.2) is 27.1 Å². The molecule has 0 spiro atoms. The predicted octanol–water partition coefficient (Wildman–Crippen LogP) is 3.30. The number of anilines is 1. The summed E-state index contributed by atoms with van der Waals surface area (Å²) in [6.07, 6.45) is 0. The molecule has 28 heavy (non-hydrogen) atoms. The molecule has 142 valence electrons. The lowest BCUT2D eigenvalue weighted by molar-refractivity contribution is 0.0695. The van der Waals surface area contributed by atoms with E-state index in [1.54, 1.807) is 24.3 Å². The van der Waals surface area contributed by atoms with E-state index in [-0.39, 0.29) is 11.1 Å². The fourth-order valence-corrected chi connectivity index (χ4v) is 3.09. The highest BCUT2D eigenvalue weighted by Crippen LogP contribution is 2.31. The predicted molar refractivity (Wildman–Crippen MR) is 106 cm³/mol. The Bertz CT molecular complexity index is 1160. The lowest BCUT2D eigenvalue weighted by Gasteiger charge is -2.13. The van der Waals surface area contributed by atoms with Crippen molar-refractivity contribution in [1.82, 2.24) is 4.98 Å². The molecule has 0 radical (unpaired) electrons. The lowest BCUT2D eigenvalue weighted by Crippen LogP contribution is -2.24. The molecular formula is C21H18N2O5. The maximum Gasteiger partial charge on any atom is 0.342 e.